The topological polar surface area (TPSA) is 9.23 Å². The van der Waals surface area contributed by atoms with Gasteiger partial charge in [0, 0.05) is 20.5 Å². The van der Waals surface area contributed by atoms with Crippen molar-refractivity contribution in [2.24, 2.45) is 0 Å². The van der Waals surface area contributed by atoms with E-state index in [1.54, 1.807) is 7.11 Å². The molecule has 0 aliphatic heterocycles. The molecule has 0 spiro atoms. The van der Waals surface area contributed by atoms with Crippen LogP contribution in [-0.2, 0) is 11.8 Å². The molecule has 0 radical (unpaired) electrons. The van der Waals surface area contributed by atoms with Crippen LogP contribution in [0.1, 0.15) is 11.1 Å². The minimum Gasteiger partial charge on any atom is -0.496 e. The fourth-order valence-corrected chi connectivity index (χ4v) is 4.81. The van der Waals surface area contributed by atoms with E-state index in [9.17, 15) is 0 Å². The summed E-state index contributed by atoms with van der Waals surface area (Å²) in [6, 6.07) is 16.8. The van der Waals surface area contributed by atoms with Crippen molar-refractivity contribution in [3.63, 3.8) is 0 Å². The monoisotopic (exact) mass is 474 g/mol. The van der Waals surface area contributed by atoms with Crippen LogP contribution in [0.2, 0.25) is 0 Å². The van der Waals surface area contributed by atoms with Crippen molar-refractivity contribution in [3.05, 3.63) is 64.1 Å². The number of alkyl halides is 2. The highest BCUT2D eigenvalue weighted by molar-refractivity contribution is 9.10. The number of hydrogen-bond acceptors (Lipinski definition) is 1. The maximum Gasteiger partial charge on any atom is 0.122 e. The summed E-state index contributed by atoms with van der Waals surface area (Å²) in [4.78, 5) is 0. The van der Waals surface area contributed by atoms with Gasteiger partial charge in [0.2, 0.25) is 0 Å². The second kappa shape index (κ2) is 7.80. The van der Waals surface area contributed by atoms with Gasteiger partial charge in [-0.2, -0.15) is 0 Å². The Bertz CT molecular complexity index is 580. The fraction of sp³-hybridized carbons (Fsp3) is 0.294. The molecule has 0 aliphatic carbocycles. The van der Waals surface area contributed by atoms with Crippen LogP contribution in [0.15, 0.2) is 53.0 Å². The number of ether oxygens (including phenoxy) is 1. The Hall–Kier alpha value is -0.320. The molecule has 0 amide bonds. The number of hydrogen-bond donors (Lipinski definition) is 0. The van der Waals surface area contributed by atoms with E-state index in [1.807, 2.05) is 12.1 Å². The van der Waals surface area contributed by atoms with E-state index in [2.05, 4.69) is 84.2 Å². The van der Waals surface area contributed by atoms with Crippen LogP contribution in [0.3, 0.4) is 0 Å². The molecule has 2 rings (SSSR count). The molecule has 0 saturated carbocycles. The summed E-state index contributed by atoms with van der Waals surface area (Å²) in [7, 11) is 1.72. The van der Waals surface area contributed by atoms with Crippen LogP contribution >= 0.6 is 47.8 Å². The lowest BCUT2D eigenvalue weighted by molar-refractivity contribution is 0.404. The maximum atomic E-state index is 5.52. The van der Waals surface area contributed by atoms with Crippen LogP contribution in [0, 0.1) is 0 Å². The van der Waals surface area contributed by atoms with Gasteiger partial charge >= 0.3 is 0 Å². The summed E-state index contributed by atoms with van der Waals surface area (Å²) in [5, 5.41) is 1.76. The number of benzene rings is 2. The summed E-state index contributed by atoms with van der Waals surface area (Å²) < 4.78 is 6.59. The molecule has 0 bridgehead atoms. The van der Waals surface area contributed by atoms with E-state index in [0.717, 1.165) is 27.3 Å². The third-order valence-corrected chi connectivity index (χ3v) is 6.31. The minimum atomic E-state index is -0.00463. The fourth-order valence-electron chi connectivity index (χ4n) is 2.43. The van der Waals surface area contributed by atoms with E-state index >= 15 is 0 Å². The molecule has 0 aliphatic rings. The highest BCUT2D eigenvalue weighted by atomic mass is 79.9. The summed E-state index contributed by atoms with van der Waals surface area (Å²) in [5.74, 6) is 0.931. The van der Waals surface area contributed by atoms with Crippen LogP contribution in [-0.4, -0.2) is 17.8 Å². The van der Waals surface area contributed by atoms with E-state index in [-0.39, 0.29) is 5.41 Å². The Balaban J connectivity index is 2.44. The minimum absolute atomic E-state index is 0.00463. The molecule has 1 nitrogen and oxygen atoms in total. The Morgan fingerprint density at radius 2 is 1.67 bits per heavy atom. The quantitative estimate of drug-likeness (QED) is 0.484. The van der Waals surface area contributed by atoms with Gasteiger partial charge in [0.1, 0.15) is 5.75 Å². The summed E-state index contributed by atoms with van der Waals surface area (Å²) >= 11 is 11.0. The zero-order chi connectivity index (χ0) is 15.3. The van der Waals surface area contributed by atoms with Gasteiger partial charge in [-0.3, -0.25) is 0 Å². The van der Waals surface area contributed by atoms with Gasteiger partial charge in [0.25, 0.3) is 0 Å². The second-order valence-corrected chi connectivity index (χ2v) is 7.08. The maximum absolute atomic E-state index is 5.52. The van der Waals surface area contributed by atoms with Gasteiger partial charge in [-0.15, -0.1) is 0 Å². The Morgan fingerprint density at radius 1 is 1.00 bits per heavy atom. The van der Waals surface area contributed by atoms with Gasteiger partial charge in [0.15, 0.2) is 0 Å². The predicted molar refractivity (Wildman–Crippen MR) is 100 cm³/mol. The third kappa shape index (κ3) is 3.91. The molecule has 2 aromatic rings. The molecule has 0 unspecified atom stereocenters. The molecule has 0 aromatic heterocycles. The Morgan fingerprint density at radius 3 is 2.24 bits per heavy atom. The zero-order valence-corrected chi connectivity index (χ0v) is 16.5. The van der Waals surface area contributed by atoms with Crippen molar-refractivity contribution in [2.45, 2.75) is 11.8 Å². The third-order valence-electron chi connectivity index (χ3n) is 3.67. The van der Waals surface area contributed by atoms with Gasteiger partial charge in [0.05, 0.1) is 7.11 Å². The van der Waals surface area contributed by atoms with E-state index < -0.39 is 0 Å². The largest absolute Gasteiger partial charge is 0.496 e. The highest BCUT2D eigenvalue weighted by Crippen LogP contribution is 2.36. The van der Waals surface area contributed by atoms with Crippen molar-refractivity contribution in [2.75, 3.05) is 17.8 Å². The standard InChI is InChI=1S/C17H17Br3O/c1-21-16-8-7-15(20)9-13(16)10-17(11-18,12-19)14-5-3-2-4-6-14/h2-9H,10-12H2,1H3. The van der Waals surface area contributed by atoms with Crippen LogP contribution in [0.5, 0.6) is 5.75 Å². The van der Waals surface area contributed by atoms with E-state index in [1.165, 1.54) is 11.1 Å². The predicted octanol–water partition coefficient (Wildman–Crippen LogP) is 5.73. The first-order chi connectivity index (χ1) is 10.1. The first kappa shape index (κ1) is 17.0. The van der Waals surface area contributed by atoms with Crippen molar-refractivity contribution in [3.8, 4) is 5.75 Å². The molecule has 112 valence electrons. The van der Waals surface area contributed by atoms with Crippen molar-refractivity contribution in [1.82, 2.24) is 0 Å². The van der Waals surface area contributed by atoms with Crippen molar-refractivity contribution < 1.29 is 4.74 Å². The molecule has 2 aromatic carbocycles. The molecule has 0 heterocycles. The normalized spacial score (nSPS) is 11.4. The lowest BCUT2D eigenvalue weighted by Gasteiger charge is -2.31. The molecule has 21 heavy (non-hydrogen) atoms. The van der Waals surface area contributed by atoms with Gasteiger partial charge < -0.3 is 4.74 Å². The average molecular weight is 477 g/mol. The second-order valence-electron chi connectivity index (χ2n) is 5.05. The van der Waals surface area contributed by atoms with E-state index in [4.69, 9.17) is 4.74 Å². The summed E-state index contributed by atoms with van der Waals surface area (Å²) in [5.41, 5.74) is 2.52. The lowest BCUT2D eigenvalue weighted by Crippen LogP contribution is -2.33. The van der Waals surface area contributed by atoms with Crippen LogP contribution in [0.4, 0.5) is 0 Å². The SMILES string of the molecule is COc1ccc(Br)cc1CC(CBr)(CBr)c1ccccc1. The average Bonchev–Trinajstić information content (AvgIpc) is 2.54. The number of halogens is 3. The molecular weight excluding hydrogens is 460 g/mol. The van der Waals surface area contributed by atoms with Crippen molar-refractivity contribution >= 4 is 47.8 Å². The molecule has 4 heteroatoms. The molecular formula is C17H17Br3O. The number of rotatable bonds is 6. The molecule has 0 atom stereocenters. The van der Waals surface area contributed by atoms with Gasteiger partial charge in [-0.25, -0.2) is 0 Å². The molecule has 0 fully saturated rings. The molecule has 0 saturated heterocycles. The van der Waals surface area contributed by atoms with E-state index in [0.29, 0.717) is 0 Å². The van der Waals surface area contributed by atoms with Gasteiger partial charge in [-0.05, 0) is 35.7 Å². The van der Waals surface area contributed by atoms with Crippen LogP contribution < -0.4 is 4.74 Å². The smallest absolute Gasteiger partial charge is 0.122 e. The van der Waals surface area contributed by atoms with Gasteiger partial charge in [-0.1, -0.05) is 78.1 Å². The zero-order valence-electron chi connectivity index (χ0n) is 11.8. The lowest BCUT2D eigenvalue weighted by atomic mass is 9.79. The molecule has 0 N–H and O–H groups in total. The number of methoxy groups -OCH3 is 1. The summed E-state index contributed by atoms with van der Waals surface area (Å²) in [6.45, 7) is 0. The summed E-state index contributed by atoms with van der Waals surface area (Å²) in [6.07, 6.45) is 0.899. The first-order valence-corrected chi connectivity index (χ1v) is 9.68. The van der Waals surface area contributed by atoms with Crippen molar-refractivity contribution in [1.29, 1.82) is 0 Å². The first-order valence-electron chi connectivity index (χ1n) is 6.65. The highest BCUT2D eigenvalue weighted by Gasteiger charge is 2.31. The Labute approximate surface area is 151 Å². The van der Waals surface area contributed by atoms with Crippen LogP contribution in [0.25, 0.3) is 0 Å². The Kier molecular flexibility index (Phi) is 6.33.